The van der Waals surface area contributed by atoms with Gasteiger partial charge in [0.15, 0.2) is 0 Å². The highest BCUT2D eigenvalue weighted by molar-refractivity contribution is 5.93. The van der Waals surface area contributed by atoms with E-state index in [0.29, 0.717) is 12.2 Å². The molecule has 1 heterocycles. The number of ether oxygens (including phenoxy) is 1. The Hall–Kier alpha value is -2.15. The number of carboxylic acid groups (broad SMARTS) is 1. The zero-order chi connectivity index (χ0) is 14.7. The lowest BCUT2D eigenvalue weighted by atomic mass is 10.1. The van der Waals surface area contributed by atoms with Crippen molar-refractivity contribution in [2.24, 2.45) is 0 Å². The summed E-state index contributed by atoms with van der Waals surface area (Å²) in [5.41, 5.74) is 0.00309. The second-order valence-corrected chi connectivity index (χ2v) is 4.71. The SMILES string of the molecule is COC1CCCN(c2ccc([N+](=O)[O-])c(C(=O)O)c2)C1. The van der Waals surface area contributed by atoms with E-state index in [1.165, 1.54) is 12.1 Å². The molecular formula is C13H16N2O5. The van der Waals surface area contributed by atoms with Gasteiger partial charge in [0.1, 0.15) is 5.56 Å². The maximum Gasteiger partial charge on any atom is 0.342 e. The van der Waals surface area contributed by atoms with Crippen LogP contribution in [-0.4, -0.2) is 42.3 Å². The molecule has 7 heteroatoms. The number of anilines is 1. The summed E-state index contributed by atoms with van der Waals surface area (Å²) in [5.74, 6) is -1.29. The number of benzene rings is 1. The molecule has 7 nitrogen and oxygen atoms in total. The molecule has 1 N–H and O–H groups in total. The Balaban J connectivity index is 2.31. The van der Waals surface area contributed by atoms with E-state index in [4.69, 9.17) is 9.84 Å². The summed E-state index contributed by atoms with van der Waals surface area (Å²) in [6, 6.07) is 4.19. The van der Waals surface area contributed by atoms with E-state index in [1.807, 2.05) is 4.90 Å². The zero-order valence-corrected chi connectivity index (χ0v) is 11.1. The third-order valence-electron chi connectivity index (χ3n) is 3.48. The Labute approximate surface area is 115 Å². The fraction of sp³-hybridized carbons (Fsp3) is 0.462. The topological polar surface area (TPSA) is 92.9 Å². The molecule has 0 aliphatic carbocycles. The Bertz CT molecular complexity index is 531. The molecule has 2 rings (SSSR count). The predicted octanol–water partition coefficient (Wildman–Crippen LogP) is 1.91. The number of aromatic carboxylic acids is 1. The lowest BCUT2D eigenvalue weighted by Crippen LogP contribution is -2.39. The minimum Gasteiger partial charge on any atom is -0.477 e. The smallest absolute Gasteiger partial charge is 0.342 e. The number of piperidine rings is 1. The van der Waals surface area contributed by atoms with Gasteiger partial charge in [0, 0.05) is 32.0 Å². The summed E-state index contributed by atoms with van der Waals surface area (Å²) >= 11 is 0. The van der Waals surface area contributed by atoms with Crippen molar-refractivity contribution in [2.45, 2.75) is 18.9 Å². The molecule has 0 aromatic heterocycles. The van der Waals surface area contributed by atoms with E-state index in [0.717, 1.165) is 19.4 Å². The van der Waals surface area contributed by atoms with Gasteiger partial charge in [0.05, 0.1) is 11.0 Å². The number of carbonyl (C=O) groups is 1. The number of nitrogens with zero attached hydrogens (tertiary/aromatic N) is 2. The lowest BCUT2D eigenvalue weighted by Gasteiger charge is -2.33. The standard InChI is InChI=1S/C13H16N2O5/c1-20-10-3-2-6-14(8-10)9-4-5-12(15(18)19)11(7-9)13(16)17/h4-5,7,10H,2-3,6,8H2,1H3,(H,16,17). The van der Waals surface area contributed by atoms with E-state index in [2.05, 4.69) is 0 Å². The van der Waals surface area contributed by atoms with Gasteiger partial charge < -0.3 is 14.7 Å². The first-order valence-electron chi connectivity index (χ1n) is 6.32. The first-order chi connectivity index (χ1) is 9.52. The van der Waals surface area contributed by atoms with Crippen molar-refractivity contribution >= 4 is 17.3 Å². The van der Waals surface area contributed by atoms with Gasteiger partial charge in [0.25, 0.3) is 5.69 Å². The van der Waals surface area contributed by atoms with Crippen LogP contribution in [0.15, 0.2) is 18.2 Å². The van der Waals surface area contributed by atoms with Crippen molar-refractivity contribution < 1.29 is 19.6 Å². The molecule has 1 aromatic rings. The summed E-state index contributed by atoms with van der Waals surface area (Å²) in [4.78, 5) is 23.3. The van der Waals surface area contributed by atoms with Crippen molar-refractivity contribution in [3.8, 4) is 0 Å². The maximum absolute atomic E-state index is 11.1. The van der Waals surface area contributed by atoms with Crippen LogP contribution in [0.2, 0.25) is 0 Å². The number of rotatable bonds is 4. The predicted molar refractivity (Wildman–Crippen MR) is 72.3 cm³/mol. The molecular weight excluding hydrogens is 264 g/mol. The number of nitro groups is 1. The quantitative estimate of drug-likeness (QED) is 0.669. The minimum atomic E-state index is -1.29. The zero-order valence-electron chi connectivity index (χ0n) is 11.1. The van der Waals surface area contributed by atoms with Crippen molar-refractivity contribution in [2.75, 3.05) is 25.1 Å². The molecule has 0 spiro atoms. The molecule has 20 heavy (non-hydrogen) atoms. The van der Waals surface area contributed by atoms with Crippen LogP contribution in [0.5, 0.6) is 0 Å². The van der Waals surface area contributed by atoms with Gasteiger partial charge in [-0.25, -0.2) is 4.79 Å². The Kier molecular flexibility index (Phi) is 4.19. The van der Waals surface area contributed by atoms with Gasteiger partial charge in [-0.1, -0.05) is 0 Å². The second-order valence-electron chi connectivity index (χ2n) is 4.71. The van der Waals surface area contributed by atoms with E-state index in [1.54, 1.807) is 13.2 Å². The van der Waals surface area contributed by atoms with Crippen LogP contribution in [0.3, 0.4) is 0 Å². The van der Waals surface area contributed by atoms with Gasteiger partial charge >= 0.3 is 5.97 Å². The van der Waals surface area contributed by atoms with Gasteiger partial charge in [0.2, 0.25) is 0 Å². The molecule has 0 amide bonds. The van der Waals surface area contributed by atoms with Crippen molar-refractivity contribution in [1.29, 1.82) is 0 Å². The molecule has 1 aliphatic heterocycles. The maximum atomic E-state index is 11.1. The summed E-state index contributed by atoms with van der Waals surface area (Å²) in [5, 5.41) is 19.9. The van der Waals surface area contributed by atoms with Gasteiger partial charge in [-0.15, -0.1) is 0 Å². The minimum absolute atomic E-state index is 0.104. The van der Waals surface area contributed by atoms with Crippen molar-refractivity contribution in [3.63, 3.8) is 0 Å². The van der Waals surface area contributed by atoms with E-state index in [9.17, 15) is 14.9 Å². The molecule has 0 bridgehead atoms. The van der Waals surface area contributed by atoms with Crippen LogP contribution < -0.4 is 4.90 Å². The van der Waals surface area contributed by atoms with Crippen LogP contribution in [0.4, 0.5) is 11.4 Å². The van der Waals surface area contributed by atoms with E-state index < -0.39 is 10.9 Å². The number of nitro benzene ring substituents is 1. The number of hydrogen-bond donors (Lipinski definition) is 1. The van der Waals surface area contributed by atoms with Crippen molar-refractivity contribution in [1.82, 2.24) is 0 Å². The average Bonchev–Trinajstić information content (AvgIpc) is 2.46. The molecule has 0 radical (unpaired) electrons. The first-order valence-corrected chi connectivity index (χ1v) is 6.32. The Morgan fingerprint density at radius 2 is 2.30 bits per heavy atom. The molecule has 0 saturated carbocycles. The van der Waals surface area contributed by atoms with E-state index >= 15 is 0 Å². The third-order valence-corrected chi connectivity index (χ3v) is 3.48. The molecule has 1 fully saturated rings. The average molecular weight is 280 g/mol. The van der Waals surface area contributed by atoms with Crippen LogP contribution in [0.1, 0.15) is 23.2 Å². The molecule has 1 saturated heterocycles. The highest BCUT2D eigenvalue weighted by Gasteiger charge is 2.24. The normalized spacial score (nSPS) is 18.9. The van der Waals surface area contributed by atoms with Crippen molar-refractivity contribution in [3.05, 3.63) is 33.9 Å². The molecule has 1 aliphatic rings. The first kappa shape index (κ1) is 14.3. The summed E-state index contributed by atoms with van der Waals surface area (Å²) in [6.07, 6.45) is 2.01. The largest absolute Gasteiger partial charge is 0.477 e. The highest BCUT2D eigenvalue weighted by atomic mass is 16.6. The number of carboxylic acids is 1. The van der Waals surface area contributed by atoms with Crippen LogP contribution in [0, 0.1) is 10.1 Å². The van der Waals surface area contributed by atoms with Gasteiger partial charge in [-0.05, 0) is 25.0 Å². The van der Waals surface area contributed by atoms with E-state index in [-0.39, 0.29) is 17.4 Å². The molecule has 1 unspecified atom stereocenters. The molecule has 1 atom stereocenters. The summed E-state index contributed by atoms with van der Waals surface area (Å²) in [7, 11) is 1.65. The van der Waals surface area contributed by atoms with Crippen LogP contribution in [0.25, 0.3) is 0 Å². The fourth-order valence-electron chi connectivity index (χ4n) is 2.42. The fourth-order valence-corrected chi connectivity index (χ4v) is 2.42. The second kappa shape index (κ2) is 5.87. The Morgan fingerprint density at radius 1 is 1.55 bits per heavy atom. The van der Waals surface area contributed by atoms with Gasteiger partial charge in [-0.2, -0.15) is 0 Å². The lowest BCUT2D eigenvalue weighted by molar-refractivity contribution is -0.385. The molecule has 1 aromatic carbocycles. The summed E-state index contributed by atoms with van der Waals surface area (Å²) in [6.45, 7) is 1.45. The van der Waals surface area contributed by atoms with Crippen LogP contribution >= 0.6 is 0 Å². The molecule has 108 valence electrons. The monoisotopic (exact) mass is 280 g/mol. The van der Waals surface area contributed by atoms with Gasteiger partial charge in [-0.3, -0.25) is 10.1 Å². The number of hydrogen-bond acceptors (Lipinski definition) is 5. The number of methoxy groups -OCH3 is 1. The summed E-state index contributed by atoms with van der Waals surface area (Å²) < 4.78 is 5.32. The third kappa shape index (κ3) is 2.88. The Morgan fingerprint density at radius 3 is 2.90 bits per heavy atom. The van der Waals surface area contributed by atoms with Crippen LogP contribution in [-0.2, 0) is 4.74 Å². The highest BCUT2D eigenvalue weighted by Crippen LogP contribution is 2.27.